The van der Waals surface area contributed by atoms with Crippen LogP contribution in [0.25, 0.3) is 0 Å². The van der Waals surface area contributed by atoms with Crippen LogP contribution < -0.4 is 5.11 Å². The van der Waals surface area contributed by atoms with E-state index >= 15 is 0 Å². The second-order valence-corrected chi connectivity index (χ2v) is 0.492. The Morgan fingerprint density at radius 3 is 1.67 bits per heavy atom. The maximum Gasteiger partial charge on any atom is 2.00 e. The Hall–Kier alpha value is 2.21. The van der Waals surface area contributed by atoms with E-state index in [9.17, 15) is 0 Å². The summed E-state index contributed by atoms with van der Waals surface area (Å²) in [4.78, 5) is 8.89. The van der Waals surface area contributed by atoms with Crippen molar-refractivity contribution in [2.24, 2.45) is 0 Å². The summed E-state index contributed by atoms with van der Waals surface area (Å²) in [6.45, 7) is 0.972. The Balaban J connectivity index is -0.0000000450. The molecule has 2 nitrogen and oxygen atoms in total. The normalized spacial score (nSPS) is 4.17. The summed E-state index contributed by atoms with van der Waals surface area (Å²) in [7, 11) is 0. The molecule has 0 heterocycles. The van der Waals surface area contributed by atoms with E-state index in [-0.39, 0.29) is 83.2 Å². The van der Waals surface area contributed by atoms with Crippen LogP contribution in [0.4, 0.5) is 0 Å². The van der Waals surface area contributed by atoms with Gasteiger partial charge in [-0.25, -0.2) is 0 Å². The largest absolute Gasteiger partial charge is 2.00 e. The van der Waals surface area contributed by atoms with Crippen LogP contribution in [-0.2, 0) is 4.79 Å². The monoisotopic (exact) mass is 187 g/mol. The van der Waals surface area contributed by atoms with E-state index in [0.29, 0.717) is 0 Å². The molecular weight excluding hydrogens is 184 g/mol. The molecule has 0 aromatic rings. The maximum atomic E-state index is 8.89. The Bertz CT molecular complexity index is 34.5. The van der Waals surface area contributed by atoms with E-state index in [2.05, 4.69) is 0 Å². The molecule has 6 heavy (non-hydrogen) atoms. The van der Waals surface area contributed by atoms with E-state index in [1.165, 1.54) is 0 Å². The maximum absolute atomic E-state index is 8.89. The van der Waals surface area contributed by atoms with Crippen molar-refractivity contribution in [1.29, 1.82) is 0 Å². The van der Waals surface area contributed by atoms with E-state index < -0.39 is 5.97 Å². The molecule has 0 aliphatic rings. The zero-order valence-electron chi connectivity index (χ0n) is 3.73. The van der Waals surface area contributed by atoms with Gasteiger partial charge in [-0.2, -0.15) is 0 Å². The van der Waals surface area contributed by atoms with Crippen LogP contribution in [-0.4, -0.2) is 89.2 Å². The summed E-state index contributed by atoms with van der Waals surface area (Å²) in [6.07, 6.45) is 0. The molecule has 0 aromatic heterocycles. The third kappa shape index (κ3) is 34.5. The standard InChI is InChI=1S/C2H4O2.Ca.Sr/c1-2(3)4;;/h1H3,(H,3,4);;/q;2*+2/p-1. The SMILES string of the molecule is CC(=O)[O-].[Ca+2].[Sr+2]. The van der Waals surface area contributed by atoms with Crippen LogP contribution in [0.1, 0.15) is 6.92 Å². The molecule has 0 saturated carbocycles. The van der Waals surface area contributed by atoms with Gasteiger partial charge in [0.05, 0.1) is 0 Å². The van der Waals surface area contributed by atoms with Gasteiger partial charge in [-0.05, 0) is 6.92 Å². The van der Waals surface area contributed by atoms with E-state index in [0.717, 1.165) is 6.92 Å². The fraction of sp³-hybridized carbons (Fsp3) is 0.500. The van der Waals surface area contributed by atoms with Crippen molar-refractivity contribution in [1.82, 2.24) is 0 Å². The third-order valence-electron chi connectivity index (χ3n) is 0. The summed E-state index contributed by atoms with van der Waals surface area (Å²) in [5.41, 5.74) is 0. The van der Waals surface area contributed by atoms with Crippen molar-refractivity contribution >= 4 is 89.2 Å². The molecule has 0 radical (unpaired) electrons. The first kappa shape index (κ1) is 15.7. The number of rotatable bonds is 0. The van der Waals surface area contributed by atoms with Gasteiger partial charge in [0.25, 0.3) is 0 Å². The molecule has 0 unspecified atom stereocenters. The molecule has 0 aromatic carbocycles. The van der Waals surface area contributed by atoms with Crippen LogP contribution in [0.3, 0.4) is 0 Å². The molecule has 0 fully saturated rings. The summed E-state index contributed by atoms with van der Waals surface area (Å²) in [5, 5.41) is 8.89. The van der Waals surface area contributed by atoms with Crippen molar-refractivity contribution in [3.8, 4) is 0 Å². The number of carbonyl (C=O) groups is 1. The zero-order valence-corrected chi connectivity index (χ0v) is 9.42. The molecule has 0 N–H and O–H groups in total. The first-order valence-corrected chi connectivity index (χ1v) is 0.908. The van der Waals surface area contributed by atoms with Crippen molar-refractivity contribution in [2.45, 2.75) is 6.92 Å². The molecular formula is C2H3CaO2Sr+3. The smallest absolute Gasteiger partial charge is 0.550 e. The van der Waals surface area contributed by atoms with E-state index in [1.54, 1.807) is 0 Å². The fourth-order valence-electron chi connectivity index (χ4n) is 0. The van der Waals surface area contributed by atoms with E-state index in [4.69, 9.17) is 9.90 Å². The predicted octanol–water partition coefficient (Wildman–Crippen LogP) is -2.01. The molecule has 0 spiro atoms. The van der Waals surface area contributed by atoms with Crippen molar-refractivity contribution < 1.29 is 9.90 Å². The molecule has 0 amide bonds. The number of carboxylic acid groups (broad SMARTS) is 1. The molecule has 24 valence electrons. The first-order valence-electron chi connectivity index (χ1n) is 0.908. The molecule has 0 saturated heterocycles. The van der Waals surface area contributed by atoms with Crippen LogP contribution >= 0.6 is 0 Å². The molecule has 0 aliphatic heterocycles. The Morgan fingerprint density at radius 1 is 1.67 bits per heavy atom. The molecule has 0 atom stereocenters. The second kappa shape index (κ2) is 10.2. The van der Waals surface area contributed by atoms with Gasteiger partial charge in [-0.3, -0.25) is 0 Å². The van der Waals surface area contributed by atoms with Gasteiger partial charge < -0.3 is 9.90 Å². The summed E-state index contributed by atoms with van der Waals surface area (Å²) in [6, 6.07) is 0. The third-order valence-corrected chi connectivity index (χ3v) is 0. The topological polar surface area (TPSA) is 40.1 Å². The van der Waals surface area contributed by atoms with Gasteiger partial charge in [0.15, 0.2) is 0 Å². The average molecular weight is 187 g/mol. The number of aliphatic carboxylic acids is 1. The van der Waals surface area contributed by atoms with Gasteiger partial charge in [-0.1, -0.05) is 0 Å². The van der Waals surface area contributed by atoms with Crippen LogP contribution in [0, 0.1) is 0 Å². The summed E-state index contributed by atoms with van der Waals surface area (Å²) in [5.74, 6) is -1.08. The zero-order chi connectivity index (χ0) is 3.58. The number of carboxylic acids is 1. The fourth-order valence-corrected chi connectivity index (χ4v) is 0. The van der Waals surface area contributed by atoms with Crippen molar-refractivity contribution in [3.63, 3.8) is 0 Å². The van der Waals surface area contributed by atoms with Crippen LogP contribution in [0.2, 0.25) is 0 Å². The van der Waals surface area contributed by atoms with Gasteiger partial charge in [0.1, 0.15) is 0 Å². The van der Waals surface area contributed by atoms with Gasteiger partial charge in [0.2, 0.25) is 0 Å². The van der Waals surface area contributed by atoms with Gasteiger partial charge in [0, 0.05) is 5.97 Å². The number of hydrogen-bond donors (Lipinski definition) is 0. The second-order valence-electron chi connectivity index (χ2n) is 0.492. The van der Waals surface area contributed by atoms with Crippen LogP contribution in [0.5, 0.6) is 0 Å². The number of carbonyl (C=O) groups excluding carboxylic acids is 1. The quantitative estimate of drug-likeness (QED) is 0.411. The van der Waals surface area contributed by atoms with Gasteiger partial charge in [-0.15, -0.1) is 0 Å². The Morgan fingerprint density at radius 2 is 1.67 bits per heavy atom. The molecule has 0 bridgehead atoms. The minimum atomic E-state index is -1.08. The van der Waals surface area contributed by atoms with Crippen molar-refractivity contribution in [3.05, 3.63) is 0 Å². The summed E-state index contributed by atoms with van der Waals surface area (Å²) < 4.78 is 0. The first-order chi connectivity index (χ1) is 1.73. The minimum absolute atomic E-state index is 0. The van der Waals surface area contributed by atoms with Gasteiger partial charge >= 0.3 is 83.2 Å². The minimum Gasteiger partial charge on any atom is -0.550 e. The van der Waals surface area contributed by atoms with Crippen molar-refractivity contribution in [2.75, 3.05) is 0 Å². The molecule has 0 rings (SSSR count). The van der Waals surface area contributed by atoms with Crippen LogP contribution in [0.15, 0.2) is 0 Å². The Labute approximate surface area is 104 Å². The molecule has 4 heteroatoms. The molecule has 0 aliphatic carbocycles. The predicted molar refractivity (Wildman–Crippen MR) is 22.2 cm³/mol. The Kier molecular flexibility index (Phi) is 26.8. The van der Waals surface area contributed by atoms with E-state index in [1.807, 2.05) is 0 Å². The summed E-state index contributed by atoms with van der Waals surface area (Å²) >= 11 is 0. The number of hydrogen-bond acceptors (Lipinski definition) is 2. The average Bonchev–Trinajstić information content (AvgIpc) is 0.811.